The van der Waals surface area contributed by atoms with E-state index in [2.05, 4.69) is 25.3 Å². The molecule has 1 aromatic heterocycles. The summed E-state index contributed by atoms with van der Waals surface area (Å²) in [6.07, 6.45) is 1.67. The maximum absolute atomic E-state index is 14.0. The maximum atomic E-state index is 14.0. The fourth-order valence-corrected chi connectivity index (χ4v) is 2.30. The van der Waals surface area contributed by atoms with E-state index < -0.39 is 12.4 Å². The first-order valence-corrected chi connectivity index (χ1v) is 8.90. The van der Waals surface area contributed by atoms with Gasteiger partial charge >= 0.3 is 6.61 Å². The molecule has 0 saturated heterocycles. The predicted molar refractivity (Wildman–Crippen MR) is 99.9 cm³/mol. The number of benzene rings is 1. The molecular formula is C19H25F3N4O2. The number of aliphatic imine (C=N–C) groups is 1. The number of guanidine groups is 1. The summed E-state index contributed by atoms with van der Waals surface area (Å²) in [7, 11) is 0. The van der Waals surface area contributed by atoms with E-state index in [0.717, 1.165) is 5.76 Å². The second kappa shape index (κ2) is 9.48. The SMILES string of the molecule is CCNC(=NCc1c(F)cccc1OC(F)F)NCc1ncc(C(C)(C)C)o1. The third-order valence-electron chi connectivity index (χ3n) is 3.73. The van der Waals surface area contributed by atoms with Crippen LogP contribution in [-0.2, 0) is 18.5 Å². The van der Waals surface area contributed by atoms with Gasteiger partial charge in [0.1, 0.15) is 17.3 Å². The van der Waals surface area contributed by atoms with Crippen LogP contribution < -0.4 is 15.4 Å². The zero-order valence-electron chi connectivity index (χ0n) is 16.4. The van der Waals surface area contributed by atoms with Crippen molar-refractivity contribution >= 4 is 5.96 Å². The van der Waals surface area contributed by atoms with Crippen molar-refractivity contribution in [1.82, 2.24) is 15.6 Å². The molecular weight excluding hydrogens is 373 g/mol. The number of nitrogens with one attached hydrogen (secondary N) is 2. The summed E-state index contributed by atoms with van der Waals surface area (Å²) < 4.78 is 49.2. The number of hydrogen-bond acceptors (Lipinski definition) is 4. The summed E-state index contributed by atoms with van der Waals surface area (Å²) in [5.41, 5.74) is -0.207. The van der Waals surface area contributed by atoms with Gasteiger partial charge in [-0.1, -0.05) is 26.8 Å². The summed E-state index contributed by atoms with van der Waals surface area (Å²) in [4.78, 5) is 8.46. The quantitative estimate of drug-likeness (QED) is 0.546. The minimum atomic E-state index is -3.04. The highest BCUT2D eigenvalue weighted by molar-refractivity contribution is 5.79. The molecule has 0 saturated carbocycles. The zero-order chi connectivity index (χ0) is 20.7. The van der Waals surface area contributed by atoms with E-state index in [1.807, 2.05) is 27.7 Å². The van der Waals surface area contributed by atoms with Gasteiger partial charge in [0.25, 0.3) is 0 Å². The second-order valence-electron chi connectivity index (χ2n) is 7.01. The van der Waals surface area contributed by atoms with Crippen molar-refractivity contribution in [2.24, 2.45) is 4.99 Å². The Hall–Kier alpha value is -2.71. The van der Waals surface area contributed by atoms with Crippen LogP contribution in [0.4, 0.5) is 13.2 Å². The average molecular weight is 398 g/mol. The van der Waals surface area contributed by atoms with E-state index >= 15 is 0 Å². The summed E-state index contributed by atoms with van der Waals surface area (Å²) in [6.45, 7) is 5.52. The topological polar surface area (TPSA) is 71.7 Å². The van der Waals surface area contributed by atoms with Gasteiger partial charge in [0.2, 0.25) is 5.89 Å². The largest absolute Gasteiger partial charge is 0.443 e. The second-order valence-corrected chi connectivity index (χ2v) is 7.01. The van der Waals surface area contributed by atoms with E-state index in [9.17, 15) is 13.2 Å². The molecule has 0 bridgehead atoms. The Kier molecular flexibility index (Phi) is 7.31. The van der Waals surface area contributed by atoms with Crippen LogP contribution in [0.5, 0.6) is 5.75 Å². The van der Waals surface area contributed by atoms with Crippen LogP contribution in [0, 0.1) is 5.82 Å². The molecule has 0 radical (unpaired) electrons. The number of oxazole rings is 1. The zero-order valence-corrected chi connectivity index (χ0v) is 16.4. The van der Waals surface area contributed by atoms with Crippen molar-refractivity contribution in [2.75, 3.05) is 6.54 Å². The van der Waals surface area contributed by atoms with Crippen LogP contribution >= 0.6 is 0 Å². The lowest BCUT2D eigenvalue weighted by Gasteiger charge is -2.14. The fourth-order valence-electron chi connectivity index (χ4n) is 2.30. The van der Waals surface area contributed by atoms with E-state index in [1.54, 1.807) is 6.20 Å². The standard InChI is InChI=1S/C19H25F3N4O2/c1-5-23-18(26-11-16-24-10-15(28-16)19(2,3)4)25-9-12-13(20)7-6-8-14(12)27-17(21)22/h6-8,10,17H,5,9,11H2,1-4H3,(H2,23,25,26). The molecule has 1 aromatic carbocycles. The lowest BCUT2D eigenvalue weighted by atomic mass is 9.94. The van der Waals surface area contributed by atoms with Crippen molar-refractivity contribution < 1.29 is 22.3 Å². The molecule has 0 atom stereocenters. The first kappa shape index (κ1) is 21.6. The molecule has 1 heterocycles. The molecule has 0 aliphatic rings. The van der Waals surface area contributed by atoms with Crippen molar-refractivity contribution in [3.8, 4) is 5.75 Å². The fraction of sp³-hybridized carbons (Fsp3) is 0.474. The van der Waals surface area contributed by atoms with Gasteiger partial charge in [0.15, 0.2) is 5.96 Å². The third-order valence-corrected chi connectivity index (χ3v) is 3.73. The molecule has 28 heavy (non-hydrogen) atoms. The monoisotopic (exact) mass is 398 g/mol. The minimum Gasteiger partial charge on any atom is -0.443 e. The van der Waals surface area contributed by atoms with Gasteiger partial charge in [-0.05, 0) is 19.1 Å². The number of nitrogens with zero attached hydrogens (tertiary/aromatic N) is 2. The van der Waals surface area contributed by atoms with Crippen molar-refractivity contribution in [1.29, 1.82) is 0 Å². The van der Waals surface area contributed by atoms with Gasteiger partial charge in [0.05, 0.1) is 24.8 Å². The number of ether oxygens (including phenoxy) is 1. The highest BCUT2D eigenvalue weighted by atomic mass is 19.3. The van der Waals surface area contributed by atoms with Gasteiger partial charge in [-0.3, -0.25) is 0 Å². The van der Waals surface area contributed by atoms with E-state index in [1.165, 1.54) is 18.2 Å². The molecule has 0 amide bonds. The summed E-state index contributed by atoms with van der Waals surface area (Å²) in [6, 6.07) is 3.75. The van der Waals surface area contributed by atoms with Crippen LogP contribution in [0.2, 0.25) is 0 Å². The predicted octanol–water partition coefficient (Wildman–Crippen LogP) is 3.97. The first-order chi connectivity index (χ1) is 13.2. The Labute approximate surface area is 162 Å². The highest BCUT2D eigenvalue weighted by Gasteiger charge is 2.19. The lowest BCUT2D eigenvalue weighted by molar-refractivity contribution is -0.0506. The molecule has 2 aromatic rings. The Morgan fingerprint density at radius 3 is 2.64 bits per heavy atom. The maximum Gasteiger partial charge on any atom is 0.387 e. The molecule has 0 aliphatic carbocycles. The molecule has 0 unspecified atom stereocenters. The molecule has 154 valence electrons. The van der Waals surface area contributed by atoms with Crippen molar-refractivity contribution in [2.45, 2.75) is 52.8 Å². The number of alkyl halides is 2. The molecule has 2 rings (SSSR count). The molecule has 2 N–H and O–H groups in total. The van der Waals surface area contributed by atoms with E-state index in [-0.39, 0.29) is 29.8 Å². The van der Waals surface area contributed by atoms with Gasteiger partial charge in [-0.15, -0.1) is 0 Å². The summed E-state index contributed by atoms with van der Waals surface area (Å²) in [5, 5.41) is 6.02. The van der Waals surface area contributed by atoms with Crippen LogP contribution in [0.15, 0.2) is 33.8 Å². The Morgan fingerprint density at radius 2 is 2.04 bits per heavy atom. The van der Waals surface area contributed by atoms with Crippen LogP contribution in [0.3, 0.4) is 0 Å². The number of hydrogen-bond donors (Lipinski definition) is 2. The molecule has 0 aliphatic heterocycles. The lowest BCUT2D eigenvalue weighted by Crippen LogP contribution is -2.36. The van der Waals surface area contributed by atoms with Crippen LogP contribution in [0.25, 0.3) is 0 Å². The van der Waals surface area contributed by atoms with E-state index in [4.69, 9.17) is 4.42 Å². The van der Waals surface area contributed by atoms with Gasteiger partial charge in [-0.25, -0.2) is 14.4 Å². The van der Waals surface area contributed by atoms with Gasteiger partial charge < -0.3 is 19.8 Å². The Balaban J connectivity index is 2.10. The van der Waals surface area contributed by atoms with Gasteiger partial charge in [0, 0.05) is 12.0 Å². The van der Waals surface area contributed by atoms with Gasteiger partial charge in [-0.2, -0.15) is 8.78 Å². The van der Waals surface area contributed by atoms with Crippen molar-refractivity contribution in [3.05, 3.63) is 47.4 Å². The number of halogens is 3. The molecule has 0 fully saturated rings. The Bertz CT molecular complexity index is 801. The normalized spacial score (nSPS) is 12.4. The first-order valence-electron chi connectivity index (χ1n) is 8.90. The van der Waals surface area contributed by atoms with Crippen molar-refractivity contribution in [3.63, 3.8) is 0 Å². The molecule has 6 nitrogen and oxygen atoms in total. The molecule has 0 spiro atoms. The highest BCUT2D eigenvalue weighted by Crippen LogP contribution is 2.24. The average Bonchev–Trinajstić information content (AvgIpc) is 3.08. The summed E-state index contributed by atoms with van der Waals surface area (Å²) >= 11 is 0. The number of rotatable bonds is 7. The molecule has 9 heteroatoms. The summed E-state index contributed by atoms with van der Waals surface area (Å²) in [5.74, 6) is 0.691. The Morgan fingerprint density at radius 1 is 1.29 bits per heavy atom. The van der Waals surface area contributed by atoms with E-state index in [0.29, 0.717) is 18.4 Å². The third kappa shape index (κ3) is 6.17. The van der Waals surface area contributed by atoms with Crippen LogP contribution in [0.1, 0.15) is 44.9 Å². The van der Waals surface area contributed by atoms with Crippen LogP contribution in [-0.4, -0.2) is 24.1 Å². The number of aromatic nitrogens is 1. The minimum absolute atomic E-state index is 0.0499. The smallest absolute Gasteiger partial charge is 0.387 e.